The highest BCUT2D eigenvalue weighted by atomic mass is 35.5. The fraction of sp³-hybridized carbons (Fsp3) is 0.125. The Bertz CT molecular complexity index is 1530. The van der Waals surface area contributed by atoms with Crippen molar-refractivity contribution in [1.29, 1.82) is 0 Å². The third-order valence-corrected chi connectivity index (χ3v) is 7.92. The zero-order valence-electron chi connectivity index (χ0n) is 18.4. The minimum Gasteiger partial charge on any atom is -0.364 e. The van der Waals surface area contributed by atoms with Crippen LogP contribution in [0.2, 0.25) is 5.02 Å². The molecule has 0 spiro atoms. The first kappa shape index (κ1) is 23.5. The number of rotatable bonds is 6. The number of pyridine rings is 1. The lowest BCUT2D eigenvalue weighted by Crippen LogP contribution is -2.27. The summed E-state index contributed by atoms with van der Waals surface area (Å²) < 4.78 is 26.5. The number of aromatic nitrogens is 2. The van der Waals surface area contributed by atoms with E-state index in [0.29, 0.717) is 10.6 Å². The third-order valence-electron chi connectivity index (χ3n) is 5.53. The molecule has 2 amide bonds. The lowest BCUT2D eigenvalue weighted by Gasteiger charge is -2.18. The number of aromatic amines is 1. The molecule has 34 heavy (non-hydrogen) atoms. The lowest BCUT2D eigenvalue weighted by molar-refractivity contribution is 0.0779. The molecule has 10 heteroatoms. The summed E-state index contributed by atoms with van der Waals surface area (Å²) in [7, 11) is -2.55. The van der Waals surface area contributed by atoms with Crippen molar-refractivity contribution in [2.75, 3.05) is 7.05 Å². The number of carbonyl (C=O) groups excluding carboxylic acids is 2. The number of primary amides is 1. The van der Waals surface area contributed by atoms with E-state index in [0.717, 1.165) is 10.9 Å². The van der Waals surface area contributed by atoms with Gasteiger partial charge in [-0.05, 0) is 48.4 Å². The smallest absolute Gasteiger partial charge is 0.270 e. The summed E-state index contributed by atoms with van der Waals surface area (Å²) in [5, 5.41) is 1.23. The van der Waals surface area contributed by atoms with E-state index in [2.05, 4.69) is 9.97 Å². The Kier molecular flexibility index (Phi) is 6.16. The minimum atomic E-state index is -4.10. The molecule has 3 N–H and O–H groups in total. The number of nitrogens with two attached hydrogens (primary N) is 1. The molecule has 4 aromatic rings. The van der Waals surface area contributed by atoms with Gasteiger partial charge in [-0.25, -0.2) is 8.42 Å². The van der Waals surface area contributed by atoms with Gasteiger partial charge < -0.3 is 15.6 Å². The van der Waals surface area contributed by atoms with Crippen LogP contribution < -0.4 is 5.73 Å². The van der Waals surface area contributed by atoms with E-state index < -0.39 is 21.7 Å². The first-order valence-electron chi connectivity index (χ1n) is 10.2. The molecule has 2 aromatic heterocycles. The van der Waals surface area contributed by atoms with Crippen molar-refractivity contribution in [3.8, 4) is 0 Å². The minimum absolute atomic E-state index is 0.0106. The molecule has 0 atom stereocenters. The molecule has 0 aliphatic heterocycles. The highest BCUT2D eigenvalue weighted by Gasteiger charge is 2.32. The fourth-order valence-corrected chi connectivity index (χ4v) is 5.78. The monoisotopic (exact) mass is 496 g/mol. The second-order valence-corrected chi connectivity index (χ2v) is 10.0. The summed E-state index contributed by atoms with van der Waals surface area (Å²) in [5.74, 6) is -1.50. The Morgan fingerprint density at radius 2 is 1.76 bits per heavy atom. The summed E-state index contributed by atoms with van der Waals surface area (Å²) >= 11 is 6.54. The Hall–Kier alpha value is -3.69. The molecule has 0 aliphatic carbocycles. The van der Waals surface area contributed by atoms with Gasteiger partial charge in [0, 0.05) is 25.2 Å². The van der Waals surface area contributed by atoms with Crippen LogP contribution in [0.25, 0.3) is 10.9 Å². The molecular formula is C24H21ClN4O4S. The Labute approximate surface area is 201 Å². The van der Waals surface area contributed by atoms with Crippen LogP contribution in [0, 0.1) is 6.92 Å². The Morgan fingerprint density at radius 3 is 2.44 bits per heavy atom. The van der Waals surface area contributed by atoms with Crippen molar-refractivity contribution >= 4 is 44.2 Å². The van der Waals surface area contributed by atoms with Gasteiger partial charge in [-0.3, -0.25) is 14.6 Å². The molecule has 0 radical (unpaired) electrons. The summed E-state index contributed by atoms with van der Waals surface area (Å²) in [6.45, 7) is 1.61. The first-order valence-corrected chi connectivity index (χ1v) is 12.1. The molecule has 4 rings (SSSR count). The number of benzene rings is 2. The van der Waals surface area contributed by atoms with Gasteiger partial charge in [0.05, 0.1) is 15.4 Å². The van der Waals surface area contributed by atoms with Gasteiger partial charge in [0.25, 0.3) is 11.8 Å². The number of hydrogen-bond donors (Lipinski definition) is 2. The molecule has 0 saturated heterocycles. The van der Waals surface area contributed by atoms with E-state index in [1.807, 2.05) is 12.1 Å². The predicted octanol–water partition coefficient (Wildman–Crippen LogP) is 3.73. The van der Waals surface area contributed by atoms with E-state index in [1.54, 1.807) is 43.6 Å². The zero-order chi connectivity index (χ0) is 24.6. The number of sulfone groups is 1. The number of nitrogens with zero attached hydrogens (tertiary/aromatic N) is 2. The van der Waals surface area contributed by atoms with E-state index in [4.69, 9.17) is 17.3 Å². The molecule has 2 aromatic carbocycles. The van der Waals surface area contributed by atoms with Crippen LogP contribution in [-0.2, 0) is 16.4 Å². The number of fused-ring (bicyclic) bond motifs is 1. The summed E-state index contributed by atoms with van der Waals surface area (Å²) in [4.78, 5) is 33.4. The molecular weight excluding hydrogens is 476 g/mol. The topological polar surface area (TPSA) is 126 Å². The maximum absolute atomic E-state index is 13.3. The summed E-state index contributed by atoms with van der Waals surface area (Å²) in [5.41, 5.74) is 6.62. The number of carbonyl (C=O) groups is 2. The Morgan fingerprint density at radius 1 is 1.06 bits per heavy atom. The highest BCUT2D eigenvalue weighted by Crippen LogP contribution is 2.31. The molecule has 8 nitrogen and oxygen atoms in total. The maximum atomic E-state index is 13.3. The third kappa shape index (κ3) is 4.04. The zero-order valence-corrected chi connectivity index (χ0v) is 19.9. The van der Waals surface area contributed by atoms with Crippen LogP contribution in [0.4, 0.5) is 0 Å². The van der Waals surface area contributed by atoms with Crippen molar-refractivity contribution < 1.29 is 18.0 Å². The average molecular weight is 497 g/mol. The van der Waals surface area contributed by atoms with Crippen molar-refractivity contribution in [2.45, 2.75) is 23.3 Å². The van der Waals surface area contributed by atoms with Gasteiger partial charge in [-0.1, -0.05) is 35.9 Å². The first-order chi connectivity index (χ1) is 16.1. The molecule has 0 unspecified atom stereocenters. The number of H-pyrrole nitrogens is 1. The molecule has 0 fully saturated rings. The van der Waals surface area contributed by atoms with Gasteiger partial charge in [0.1, 0.15) is 16.3 Å². The lowest BCUT2D eigenvalue weighted by atomic mass is 10.1. The number of amides is 2. The second kappa shape index (κ2) is 8.92. The number of halogens is 1. The molecule has 0 aliphatic rings. The highest BCUT2D eigenvalue weighted by molar-refractivity contribution is 7.91. The van der Waals surface area contributed by atoms with Crippen LogP contribution in [-0.4, -0.2) is 42.1 Å². The van der Waals surface area contributed by atoms with E-state index in [-0.39, 0.29) is 33.3 Å². The van der Waals surface area contributed by atoms with Crippen LogP contribution in [0.15, 0.2) is 70.6 Å². The normalized spacial score (nSPS) is 11.5. The maximum Gasteiger partial charge on any atom is 0.270 e. The molecule has 0 bridgehead atoms. The molecule has 2 heterocycles. The number of nitrogens with one attached hydrogen (secondary N) is 1. The van der Waals surface area contributed by atoms with Crippen molar-refractivity contribution in [3.05, 3.63) is 88.3 Å². The van der Waals surface area contributed by atoms with E-state index in [1.165, 1.54) is 24.0 Å². The van der Waals surface area contributed by atoms with Crippen LogP contribution in [0.3, 0.4) is 0 Å². The molecule has 174 valence electrons. The second-order valence-electron chi connectivity index (χ2n) is 7.78. The van der Waals surface area contributed by atoms with Gasteiger partial charge in [0.15, 0.2) is 0 Å². The van der Waals surface area contributed by atoms with Crippen molar-refractivity contribution in [2.24, 2.45) is 5.73 Å². The van der Waals surface area contributed by atoms with Crippen LogP contribution in [0.5, 0.6) is 0 Å². The Balaban J connectivity index is 1.72. The summed E-state index contributed by atoms with van der Waals surface area (Å²) in [6.07, 6.45) is 1.67. The fourth-order valence-electron chi connectivity index (χ4n) is 3.82. The average Bonchev–Trinajstić information content (AvgIpc) is 3.19. The van der Waals surface area contributed by atoms with Gasteiger partial charge in [0.2, 0.25) is 9.84 Å². The van der Waals surface area contributed by atoms with Crippen LogP contribution in [0.1, 0.15) is 32.1 Å². The van der Waals surface area contributed by atoms with E-state index >= 15 is 0 Å². The van der Waals surface area contributed by atoms with Crippen molar-refractivity contribution in [1.82, 2.24) is 14.9 Å². The largest absolute Gasteiger partial charge is 0.364 e. The van der Waals surface area contributed by atoms with E-state index in [9.17, 15) is 18.0 Å². The van der Waals surface area contributed by atoms with Crippen molar-refractivity contribution in [3.63, 3.8) is 0 Å². The number of hydrogen-bond acceptors (Lipinski definition) is 5. The van der Waals surface area contributed by atoms with Gasteiger partial charge in [-0.2, -0.15) is 0 Å². The standard InChI is InChI=1S/C24H21ClN4O4S/c1-14-20(28-21(23(26)30)22(14)34(32,33)16-7-4-3-5-8-16)24(31)29(2)13-15-10-11-18-17(19(15)25)9-6-12-27-18/h3-12,28H,13H2,1-2H3,(H2,26,30). The predicted molar refractivity (Wildman–Crippen MR) is 128 cm³/mol. The quantitative estimate of drug-likeness (QED) is 0.420. The SMILES string of the molecule is Cc1c(C(=O)N(C)Cc2ccc3ncccc3c2Cl)[nH]c(C(N)=O)c1S(=O)(=O)c1ccccc1. The van der Waals surface area contributed by atoms with Crippen LogP contribution >= 0.6 is 11.6 Å². The van der Waals surface area contributed by atoms with Gasteiger partial charge >= 0.3 is 0 Å². The van der Waals surface area contributed by atoms with Gasteiger partial charge in [-0.15, -0.1) is 0 Å². The summed E-state index contributed by atoms with van der Waals surface area (Å²) in [6, 6.07) is 14.8. The molecule has 0 saturated carbocycles.